The standard InChI is InChI=1S/C14H12F3NO2/c1-20-12-6-8(2-5-11(12)19)7-18-10-4-3-9(15)13(16)14(10)17/h2-6,18-19H,7H2,1H3. The van der Waals surface area contributed by atoms with Gasteiger partial charge in [0, 0.05) is 6.54 Å². The summed E-state index contributed by atoms with van der Waals surface area (Å²) in [4.78, 5) is 0. The molecule has 0 aliphatic carbocycles. The average molecular weight is 283 g/mol. The molecule has 0 aliphatic rings. The predicted molar refractivity (Wildman–Crippen MR) is 68.3 cm³/mol. The summed E-state index contributed by atoms with van der Waals surface area (Å²) < 4.78 is 44.2. The maximum Gasteiger partial charge on any atom is 0.196 e. The molecule has 0 fully saturated rings. The van der Waals surface area contributed by atoms with E-state index in [1.54, 1.807) is 12.1 Å². The first-order valence-corrected chi connectivity index (χ1v) is 5.76. The minimum Gasteiger partial charge on any atom is -0.504 e. The van der Waals surface area contributed by atoms with Gasteiger partial charge in [0.05, 0.1) is 12.8 Å². The minimum absolute atomic E-state index is 0.0183. The van der Waals surface area contributed by atoms with Crippen LogP contribution in [0, 0.1) is 17.5 Å². The lowest BCUT2D eigenvalue weighted by atomic mass is 10.2. The monoisotopic (exact) mass is 283 g/mol. The first-order chi connectivity index (χ1) is 9.52. The Labute approximate surface area is 113 Å². The summed E-state index contributed by atoms with van der Waals surface area (Å²) >= 11 is 0. The molecule has 0 unspecified atom stereocenters. The Hall–Kier alpha value is -2.37. The Bertz CT molecular complexity index is 632. The molecule has 2 N–H and O–H groups in total. The Kier molecular flexibility index (Phi) is 4.02. The second-order valence-corrected chi connectivity index (χ2v) is 4.08. The lowest BCUT2D eigenvalue weighted by Gasteiger charge is -2.10. The molecule has 0 saturated carbocycles. The van der Waals surface area contributed by atoms with E-state index in [-0.39, 0.29) is 23.7 Å². The number of methoxy groups -OCH3 is 1. The second-order valence-electron chi connectivity index (χ2n) is 4.08. The minimum atomic E-state index is -1.52. The molecular formula is C14H12F3NO2. The molecule has 0 atom stereocenters. The Balaban J connectivity index is 2.15. The van der Waals surface area contributed by atoms with Gasteiger partial charge in [0.1, 0.15) is 0 Å². The molecule has 0 heterocycles. The van der Waals surface area contributed by atoms with E-state index in [2.05, 4.69) is 5.32 Å². The third-order valence-electron chi connectivity index (χ3n) is 2.76. The van der Waals surface area contributed by atoms with Crippen molar-refractivity contribution in [1.29, 1.82) is 0 Å². The molecule has 2 aromatic rings. The summed E-state index contributed by atoms with van der Waals surface area (Å²) in [5.41, 5.74) is 0.541. The summed E-state index contributed by atoms with van der Waals surface area (Å²) in [5, 5.41) is 12.1. The number of aromatic hydroxyl groups is 1. The number of phenols is 1. The van der Waals surface area contributed by atoms with E-state index in [4.69, 9.17) is 4.74 Å². The first-order valence-electron chi connectivity index (χ1n) is 5.76. The lowest BCUT2D eigenvalue weighted by Crippen LogP contribution is -2.04. The average Bonchev–Trinajstić information content (AvgIpc) is 2.45. The first kappa shape index (κ1) is 14.0. The largest absolute Gasteiger partial charge is 0.504 e. The van der Waals surface area contributed by atoms with E-state index in [0.29, 0.717) is 5.56 Å². The summed E-state index contributed by atoms with van der Waals surface area (Å²) in [6.07, 6.45) is 0. The molecule has 0 amide bonds. The van der Waals surface area contributed by atoms with Crippen LogP contribution in [-0.4, -0.2) is 12.2 Å². The number of benzene rings is 2. The van der Waals surface area contributed by atoms with Crippen LogP contribution >= 0.6 is 0 Å². The fraction of sp³-hybridized carbons (Fsp3) is 0.143. The highest BCUT2D eigenvalue weighted by atomic mass is 19.2. The van der Waals surface area contributed by atoms with Crippen molar-refractivity contribution in [3.8, 4) is 11.5 Å². The quantitative estimate of drug-likeness (QED) is 0.845. The van der Waals surface area contributed by atoms with Crippen LogP contribution in [0.2, 0.25) is 0 Å². The normalized spacial score (nSPS) is 10.4. The van der Waals surface area contributed by atoms with Gasteiger partial charge in [-0.2, -0.15) is 0 Å². The van der Waals surface area contributed by atoms with Crippen LogP contribution in [0.3, 0.4) is 0 Å². The molecule has 0 radical (unpaired) electrons. The fourth-order valence-corrected chi connectivity index (χ4v) is 1.69. The number of rotatable bonds is 4. The SMILES string of the molecule is COc1cc(CNc2ccc(F)c(F)c2F)ccc1O. The van der Waals surface area contributed by atoms with Gasteiger partial charge in [-0.1, -0.05) is 6.07 Å². The molecule has 0 bridgehead atoms. The van der Waals surface area contributed by atoms with Crippen LogP contribution in [0.25, 0.3) is 0 Å². The highest BCUT2D eigenvalue weighted by Gasteiger charge is 2.13. The molecule has 6 heteroatoms. The van der Waals surface area contributed by atoms with Crippen molar-refractivity contribution < 1.29 is 23.0 Å². The van der Waals surface area contributed by atoms with Gasteiger partial charge in [0.2, 0.25) is 0 Å². The Morgan fingerprint density at radius 2 is 1.85 bits per heavy atom. The Morgan fingerprint density at radius 1 is 1.10 bits per heavy atom. The van der Waals surface area contributed by atoms with Crippen molar-refractivity contribution in [2.45, 2.75) is 6.54 Å². The van der Waals surface area contributed by atoms with Crippen LogP contribution in [0.15, 0.2) is 30.3 Å². The zero-order valence-electron chi connectivity index (χ0n) is 10.6. The molecule has 0 saturated heterocycles. The lowest BCUT2D eigenvalue weighted by molar-refractivity contribution is 0.373. The molecule has 0 aromatic heterocycles. The predicted octanol–water partition coefficient (Wildman–Crippen LogP) is 3.43. The zero-order chi connectivity index (χ0) is 14.7. The van der Waals surface area contributed by atoms with Gasteiger partial charge in [-0.15, -0.1) is 0 Å². The molecule has 3 nitrogen and oxygen atoms in total. The number of hydrogen-bond acceptors (Lipinski definition) is 3. The summed E-state index contributed by atoms with van der Waals surface area (Å²) in [6, 6.07) is 6.55. The van der Waals surface area contributed by atoms with Gasteiger partial charge in [-0.3, -0.25) is 0 Å². The maximum absolute atomic E-state index is 13.4. The maximum atomic E-state index is 13.4. The number of nitrogens with one attached hydrogen (secondary N) is 1. The van der Waals surface area contributed by atoms with Gasteiger partial charge in [-0.25, -0.2) is 13.2 Å². The number of hydrogen-bond donors (Lipinski definition) is 2. The summed E-state index contributed by atoms with van der Waals surface area (Å²) in [6.45, 7) is 0.165. The highest BCUT2D eigenvalue weighted by Crippen LogP contribution is 2.27. The van der Waals surface area contributed by atoms with E-state index >= 15 is 0 Å². The van der Waals surface area contributed by atoms with Crippen LogP contribution in [0.4, 0.5) is 18.9 Å². The van der Waals surface area contributed by atoms with Gasteiger partial charge in [-0.05, 0) is 29.8 Å². The fourth-order valence-electron chi connectivity index (χ4n) is 1.69. The molecule has 0 aliphatic heterocycles. The van der Waals surface area contributed by atoms with Crippen molar-refractivity contribution >= 4 is 5.69 Å². The van der Waals surface area contributed by atoms with Gasteiger partial charge in [0.25, 0.3) is 0 Å². The smallest absolute Gasteiger partial charge is 0.196 e. The van der Waals surface area contributed by atoms with Crippen LogP contribution in [0.1, 0.15) is 5.56 Å². The molecular weight excluding hydrogens is 271 g/mol. The number of ether oxygens (including phenoxy) is 1. The molecule has 2 rings (SSSR count). The van der Waals surface area contributed by atoms with Gasteiger partial charge >= 0.3 is 0 Å². The number of anilines is 1. The van der Waals surface area contributed by atoms with Gasteiger partial charge < -0.3 is 15.2 Å². The van der Waals surface area contributed by atoms with Crippen LogP contribution < -0.4 is 10.1 Å². The summed E-state index contributed by atoms with van der Waals surface area (Å²) in [7, 11) is 1.40. The van der Waals surface area contributed by atoms with Gasteiger partial charge in [0.15, 0.2) is 29.0 Å². The third-order valence-corrected chi connectivity index (χ3v) is 2.76. The van der Waals surface area contributed by atoms with E-state index in [0.717, 1.165) is 12.1 Å². The van der Waals surface area contributed by atoms with E-state index in [1.807, 2.05) is 0 Å². The topological polar surface area (TPSA) is 41.5 Å². The van der Waals surface area contributed by atoms with Crippen molar-refractivity contribution in [3.05, 3.63) is 53.3 Å². The molecule has 106 valence electrons. The summed E-state index contributed by atoms with van der Waals surface area (Å²) in [5.74, 6) is -3.77. The highest BCUT2D eigenvalue weighted by molar-refractivity contribution is 5.47. The third kappa shape index (κ3) is 2.79. The molecule has 20 heavy (non-hydrogen) atoms. The molecule has 0 spiro atoms. The van der Waals surface area contributed by atoms with E-state index in [1.165, 1.54) is 13.2 Å². The van der Waals surface area contributed by atoms with E-state index in [9.17, 15) is 18.3 Å². The number of phenolic OH excluding ortho intramolecular Hbond substituents is 1. The van der Waals surface area contributed by atoms with Crippen LogP contribution in [-0.2, 0) is 6.54 Å². The van der Waals surface area contributed by atoms with Crippen LogP contribution in [0.5, 0.6) is 11.5 Å². The number of halogens is 3. The second kappa shape index (κ2) is 5.73. The zero-order valence-corrected chi connectivity index (χ0v) is 10.6. The van der Waals surface area contributed by atoms with E-state index < -0.39 is 17.5 Å². The molecule has 2 aromatic carbocycles. The van der Waals surface area contributed by atoms with Crippen molar-refractivity contribution in [3.63, 3.8) is 0 Å². The van der Waals surface area contributed by atoms with Crippen molar-refractivity contribution in [2.75, 3.05) is 12.4 Å². The Morgan fingerprint density at radius 3 is 2.55 bits per heavy atom. The van der Waals surface area contributed by atoms with Crippen molar-refractivity contribution in [2.24, 2.45) is 0 Å². The van der Waals surface area contributed by atoms with Crippen molar-refractivity contribution in [1.82, 2.24) is 0 Å².